The first-order valence-electron chi connectivity index (χ1n) is 12.1. The average Bonchev–Trinajstić information content (AvgIpc) is 3.61. The standard InChI is InChI=1S/C29H25FN4O3S/c1-17-23(14-20(26(31)35)15-25(17)30)22-10-7-19(27(36)33-16-18-5-3-2-4-6-18)13-24(22)28(37)34(21-8-9-21)29-32-11-12-38-29/h2-7,10-15,21H,8-9,16H2,1H3,(H2,31,35)(H,33,36). The van der Waals surface area contributed by atoms with Crippen molar-refractivity contribution in [3.05, 3.63) is 106 Å². The second-order valence-electron chi connectivity index (χ2n) is 9.14. The summed E-state index contributed by atoms with van der Waals surface area (Å²) in [6.07, 6.45) is 3.30. The van der Waals surface area contributed by atoms with Gasteiger partial charge in [-0.15, -0.1) is 11.3 Å². The van der Waals surface area contributed by atoms with Crippen molar-refractivity contribution in [2.24, 2.45) is 5.73 Å². The summed E-state index contributed by atoms with van der Waals surface area (Å²) >= 11 is 1.35. The van der Waals surface area contributed by atoms with E-state index >= 15 is 0 Å². The van der Waals surface area contributed by atoms with Crippen LogP contribution in [0.1, 0.15) is 55.0 Å². The summed E-state index contributed by atoms with van der Waals surface area (Å²) in [6, 6.07) is 16.8. The molecule has 192 valence electrons. The van der Waals surface area contributed by atoms with E-state index in [4.69, 9.17) is 5.73 Å². The molecule has 1 aliphatic carbocycles. The van der Waals surface area contributed by atoms with E-state index in [9.17, 15) is 18.8 Å². The molecule has 4 aromatic rings. The van der Waals surface area contributed by atoms with E-state index in [-0.39, 0.29) is 40.1 Å². The Bertz CT molecular complexity index is 1520. The maximum Gasteiger partial charge on any atom is 0.260 e. The molecule has 1 fully saturated rings. The van der Waals surface area contributed by atoms with Crippen molar-refractivity contribution in [2.45, 2.75) is 32.4 Å². The molecule has 3 amide bonds. The highest BCUT2D eigenvalue weighted by molar-refractivity contribution is 7.13. The molecule has 7 nitrogen and oxygen atoms in total. The highest BCUT2D eigenvalue weighted by Crippen LogP contribution is 2.37. The number of benzene rings is 3. The predicted octanol–water partition coefficient (Wildman–Crippen LogP) is 5.10. The number of carbonyl (C=O) groups excluding carboxylic acids is 3. The van der Waals surface area contributed by atoms with Gasteiger partial charge >= 0.3 is 0 Å². The second-order valence-corrected chi connectivity index (χ2v) is 10.0. The van der Waals surface area contributed by atoms with E-state index in [0.717, 1.165) is 24.5 Å². The van der Waals surface area contributed by atoms with Crippen LogP contribution in [0.3, 0.4) is 0 Å². The van der Waals surface area contributed by atoms with Crippen LogP contribution in [-0.2, 0) is 6.54 Å². The number of anilines is 1. The summed E-state index contributed by atoms with van der Waals surface area (Å²) in [5, 5.41) is 5.23. The van der Waals surface area contributed by atoms with Gasteiger partial charge in [0.2, 0.25) is 5.91 Å². The minimum Gasteiger partial charge on any atom is -0.366 e. The first-order chi connectivity index (χ1) is 18.3. The fourth-order valence-electron chi connectivity index (χ4n) is 4.28. The van der Waals surface area contributed by atoms with Crippen LogP contribution in [0, 0.1) is 12.7 Å². The van der Waals surface area contributed by atoms with Gasteiger partial charge in [-0.2, -0.15) is 0 Å². The lowest BCUT2D eigenvalue weighted by Gasteiger charge is -2.22. The minimum absolute atomic E-state index is 0.00755. The minimum atomic E-state index is -0.780. The molecule has 1 saturated carbocycles. The highest BCUT2D eigenvalue weighted by atomic mass is 32.1. The zero-order valence-corrected chi connectivity index (χ0v) is 21.4. The smallest absolute Gasteiger partial charge is 0.260 e. The Labute approximate surface area is 223 Å². The van der Waals surface area contributed by atoms with Crippen LogP contribution in [-0.4, -0.2) is 28.7 Å². The molecule has 0 aliphatic heterocycles. The molecule has 0 unspecified atom stereocenters. The summed E-state index contributed by atoms with van der Waals surface area (Å²) < 4.78 is 14.8. The second kappa shape index (κ2) is 10.5. The van der Waals surface area contributed by atoms with E-state index in [1.807, 2.05) is 30.3 Å². The zero-order valence-electron chi connectivity index (χ0n) is 20.6. The number of thiazole rings is 1. The molecule has 0 spiro atoms. The number of nitrogens with one attached hydrogen (secondary N) is 1. The Hall–Kier alpha value is -4.37. The quantitative estimate of drug-likeness (QED) is 0.332. The third-order valence-electron chi connectivity index (χ3n) is 6.48. The molecule has 1 aromatic heterocycles. The van der Waals surface area contributed by atoms with Crippen LogP contribution in [0.15, 0.2) is 72.2 Å². The van der Waals surface area contributed by atoms with Gasteiger partial charge in [0.1, 0.15) is 5.82 Å². The molecule has 9 heteroatoms. The largest absolute Gasteiger partial charge is 0.366 e. The monoisotopic (exact) mass is 528 g/mol. The van der Waals surface area contributed by atoms with Crippen molar-refractivity contribution < 1.29 is 18.8 Å². The first kappa shape index (κ1) is 25.3. The number of nitrogens with two attached hydrogens (primary N) is 1. The third-order valence-corrected chi connectivity index (χ3v) is 7.25. The van der Waals surface area contributed by atoms with Crippen LogP contribution >= 0.6 is 11.3 Å². The number of hydrogen-bond donors (Lipinski definition) is 2. The highest BCUT2D eigenvalue weighted by Gasteiger charge is 2.37. The summed E-state index contributed by atoms with van der Waals surface area (Å²) in [5.74, 6) is -2.09. The van der Waals surface area contributed by atoms with Gasteiger partial charge in [0.05, 0.1) is 0 Å². The lowest BCUT2D eigenvalue weighted by molar-refractivity contribution is 0.0949. The van der Waals surface area contributed by atoms with Gasteiger partial charge in [-0.1, -0.05) is 36.4 Å². The van der Waals surface area contributed by atoms with Crippen molar-refractivity contribution >= 4 is 34.2 Å². The molecule has 0 radical (unpaired) electrons. The van der Waals surface area contributed by atoms with Crippen molar-refractivity contribution in [2.75, 3.05) is 4.90 Å². The van der Waals surface area contributed by atoms with Gasteiger partial charge in [-0.3, -0.25) is 19.3 Å². The number of primary amides is 1. The molecule has 3 N–H and O–H groups in total. The summed E-state index contributed by atoms with van der Waals surface area (Å²) in [5.41, 5.74) is 7.88. The lowest BCUT2D eigenvalue weighted by Crippen LogP contribution is -2.33. The maximum absolute atomic E-state index is 14.8. The molecule has 1 aliphatic rings. The Morgan fingerprint density at radius 1 is 1.05 bits per heavy atom. The van der Waals surface area contributed by atoms with Gasteiger partial charge in [-0.25, -0.2) is 9.37 Å². The van der Waals surface area contributed by atoms with E-state index in [1.54, 1.807) is 35.5 Å². The van der Waals surface area contributed by atoms with Crippen LogP contribution in [0.25, 0.3) is 11.1 Å². The molecular formula is C29H25FN4O3S. The van der Waals surface area contributed by atoms with Gasteiger partial charge in [0.25, 0.3) is 11.8 Å². The number of halogens is 1. The van der Waals surface area contributed by atoms with E-state index < -0.39 is 11.7 Å². The van der Waals surface area contributed by atoms with Crippen LogP contribution in [0.4, 0.5) is 9.52 Å². The summed E-state index contributed by atoms with van der Waals surface area (Å²) in [6.45, 7) is 1.90. The van der Waals surface area contributed by atoms with Gasteiger partial charge in [0.15, 0.2) is 5.13 Å². The Morgan fingerprint density at radius 2 is 1.82 bits per heavy atom. The van der Waals surface area contributed by atoms with E-state index in [0.29, 0.717) is 22.8 Å². The van der Waals surface area contributed by atoms with Crippen LogP contribution < -0.4 is 16.0 Å². The first-order valence-corrected chi connectivity index (χ1v) is 13.0. The average molecular weight is 529 g/mol. The topological polar surface area (TPSA) is 105 Å². The fraction of sp³-hybridized carbons (Fsp3) is 0.172. The number of amides is 3. The van der Waals surface area contributed by atoms with Crippen molar-refractivity contribution in [3.8, 4) is 11.1 Å². The normalized spacial score (nSPS) is 12.7. The Balaban J connectivity index is 1.59. The zero-order chi connectivity index (χ0) is 26.8. The molecule has 38 heavy (non-hydrogen) atoms. The number of aromatic nitrogens is 1. The molecule has 5 rings (SSSR count). The molecule has 0 saturated heterocycles. The van der Waals surface area contributed by atoms with Crippen molar-refractivity contribution in [1.29, 1.82) is 0 Å². The van der Waals surface area contributed by atoms with Crippen molar-refractivity contribution in [1.82, 2.24) is 10.3 Å². The molecule has 0 bridgehead atoms. The maximum atomic E-state index is 14.8. The number of rotatable bonds is 8. The third kappa shape index (κ3) is 5.19. The van der Waals surface area contributed by atoms with Gasteiger partial charge < -0.3 is 11.1 Å². The molecular weight excluding hydrogens is 503 g/mol. The Kier molecular flexibility index (Phi) is 7.02. The summed E-state index contributed by atoms with van der Waals surface area (Å²) in [4.78, 5) is 45.0. The van der Waals surface area contributed by atoms with E-state index in [2.05, 4.69) is 10.3 Å². The summed E-state index contributed by atoms with van der Waals surface area (Å²) in [7, 11) is 0. The van der Waals surface area contributed by atoms with Crippen LogP contribution in [0.5, 0.6) is 0 Å². The van der Waals surface area contributed by atoms with Gasteiger partial charge in [0, 0.05) is 40.9 Å². The SMILES string of the molecule is Cc1c(F)cc(C(N)=O)cc1-c1ccc(C(=O)NCc2ccccc2)cc1C(=O)N(c1nccs1)C1CC1. The molecule has 3 aromatic carbocycles. The molecule has 1 heterocycles. The number of hydrogen-bond acceptors (Lipinski definition) is 5. The molecule has 0 atom stereocenters. The van der Waals surface area contributed by atoms with Gasteiger partial charge in [-0.05, 0) is 66.3 Å². The van der Waals surface area contributed by atoms with E-state index in [1.165, 1.54) is 23.5 Å². The predicted molar refractivity (Wildman–Crippen MR) is 145 cm³/mol. The Morgan fingerprint density at radius 3 is 2.47 bits per heavy atom. The number of carbonyl (C=O) groups is 3. The fourth-order valence-corrected chi connectivity index (χ4v) is 5.00. The van der Waals surface area contributed by atoms with Crippen LogP contribution in [0.2, 0.25) is 0 Å². The number of nitrogens with zero attached hydrogens (tertiary/aromatic N) is 2. The lowest BCUT2D eigenvalue weighted by atomic mass is 9.91. The van der Waals surface area contributed by atoms with Crippen molar-refractivity contribution in [3.63, 3.8) is 0 Å².